The highest BCUT2D eigenvalue weighted by Gasteiger charge is 2.45. The quantitative estimate of drug-likeness (QED) is 0.261. The average molecular weight is 611 g/mol. The Morgan fingerprint density at radius 3 is 2.27 bits per heavy atom. The number of hydrogen-bond acceptors (Lipinski definition) is 4. The van der Waals surface area contributed by atoms with Crippen LogP contribution in [0.15, 0.2) is 60.7 Å². The Kier molecular flexibility index (Phi) is 8.93. The number of halogens is 4. The highest BCUT2D eigenvalue weighted by atomic mass is 19.3. The van der Waals surface area contributed by atoms with E-state index in [0.29, 0.717) is 24.3 Å². The molecule has 4 nitrogen and oxygen atoms in total. The summed E-state index contributed by atoms with van der Waals surface area (Å²) in [5, 5.41) is 3.44. The Bertz CT molecular complexity index is 1400. The first-order chi connectivity index (χ1) is 21.1. The van der Waals surface area contributed by atoms with Gasteiger partial charge in [-0.3, -0.25) is 4.90 Å². The summed E-state index contributed by atoms with van der Waals surface area (Å²) in [6.45, 7) is 4.46. The fourth-order valence-electron chi connectivity index (χ4n) is 7.52. The summed E-state index contributed by atoms with van der Waals surface area (Å²) in [7, 11) is 0. The molecule has 1 saturated carbocycles. The molecule has 236 valence electrons. The number of nitrogens with one attached hydrogen (secondary N) is 1. The molecule has 8 heteroatoms. The van der Waals surface area contributed by atoms with E-state index in [4.69, 9.17) is 9.47 Å². The van der Waals surface area contributed by atoms with E-state index in [9.17, 15) is 8.78 Å². The molecule has 6 rings (SSSR count). The molecule has 3 aromatic rings. The Labute approximate surface area is 257 Å². The maximum atomic E-state index is 16.0. The van der Waals surface area contributed by atoms with Gasteiger partial charge in [-0.2, -0.15) is 0 Å². The van der Waals surface area contributed by atoms with E-state index in [0.717, 1.165) is 69.7 Å². The van der Waals surface area contributed by atoms with E-state index < -0.39 is 30.1 Å². The second-order valence-corrected chi connectivity index (χ2v) is 13.2. The molecule has 0 radical (unpaired) electrons. The van der Waals surface area contributed by atoms with E-state index in [-0.39, 0.29) is 28.9 Å². The molecule has 3 aromatic carbocycles. The van der Waals surface area contributed by atoms with Crippen LogP contribution in [0.2, 0.25) is 0 Å². The fraction of sp³-hybridized carbons (Fsp3) is 0.500. The minimum Gasteiger partial charge on any atom is -0.490 e. The van der Waals surface area contributed by atoms with Crippen LogP contribution in [0.25, 0.3) is 0 Å². The summed E-state index contributed by atoms with van der Waals surface area (Å²) < 4.78 is 72.9. The van der Waals surface area contributed by atoms with Crippen molar-refractivity contribution in [2.45, 2.75) is 89.5 Å². The van der Waals surface area contributed by atoms with E-state index in [1.165, 1.54) is 17.0 Å². The Balaban J connectivity index is 1.25. The Hall–Kier alpha value is -3.10. The lowest BCUT2D eigenvalue weighted by molar-refractivity contribution is -0.0375. The molecule has 1 unspecified atom stereocenters. The third-order valence-electron chi connectivity index (χ3n) is 9.60. The largest absolute Gasteiger partial charge is 0.490 e. The molecule has 0 amide bonds. The van der Waals surface area contributed by atoms with Crippen molar-refractivity contribution in [1.82, 2.24) is 10.2 Å². The van der Waals surface area contributed by atoms with Crippen molar-refractivity contribution >= 4 is 0 Å². The van der Waals surface area contributed by atoms with Gasteiger partial charge in [-0.05, 0) is 99.2 Å². The van der Waals surface area contributed by atoms with Crippen LogP contribution in [0.4, 0.5) is 17.6 Å². The molecule has 1 aliphatic carbocycles. The summed E-state index contributed by atoms with van der Waals surface area (Å²) >= 11 is 0. The molecule has 1 spiro atoms. The van der Waals surface area contributed by atoms with E-state index in [1.807, 2.05) is 43.3 Å². The summed E-state index contributed by atoms with van der Waals surface area (Å²) in [6.07, 6.45) is 6.68. The number of ether oxygens (including phenoxy) is 2. The standard InChI is InChI=1S/C36H42F4N2O2/c1-24-16-26-17-27(43-22-25-8-4-3-5-9-25)10-11-30(26)34(42(24)23-35(2,39)40)33-31(37)18-28(19-32(33)38)44-29-20-36(21-29)12-6-14-41-15-7-13-36/h3-5,8-11,17-19,24,29,34,41H,6-7,12-16,20-23H2,1-2H3/t24-,34?/m1/s1. The van der Waals surface area contributed by atoms with Gasteiger partial charge >= 0.3 is 0 Å². The fourth-order valence-corrected chi connectivity index (χ4v) is 7.52. The molecule has 3 aliphatic rings. The summed E-state index contributed by atoms with van der Waals surface area (Å²) in [6, 6.07) is 16.2. The van der Waals surface area contributed by atoms with E-state index in [1.54, 1.807) is 12.1 Å². The summed E-state index contributed by atoms with van der Waals surface area (Å²) in [5.41, 5.74) is 2.48. The molecule has 0 bridgehead atoms. The second kappa shape index (κ2) is 12.7. The van der Waals surface area contributed by atoms with Gasteiger partial charge in [0.05, 0.1) is 18.7 Å². The van der Waals surface area contributed by atoms with Gasteiger partial charge < -0.3 is 14.8 Å². The van der Waals surface area contributed by atoms with Crippen LogP contribution in [0.3, 0.4) is 0 Å². The second-order valence-electron chi connectivity index (χ2n) is 13.2. The Morgan fingerprint density at radius 2 is 1.61 bits per heavy atom. The first-order valence-electron chi connectivity index (χ1n) is 15.9. The van der Waals surface area contributed by atoms with Crippen LogP contribution in [0.5, 0.6) is 11.5 Å². The lowest BCUT2D eigenvalue weighted by Gasteiger charge is -2.48. The third kappa shape index (κ3) is 6.91. The van der Waals surface area contributed by atoms with Crippen LogP contribution < -0.4 is 14.8 Å². The van der Waals surface area contributed by atoms with Crippen LogP contribution in [-0.4, -0.2) is 42.6 Å². The number of rotatable bonds is 8. The molecule has 2 heterocycles. The Morgan fingerprint density at radius 1 is 0.932 bits per heavy atom. The molecule has 2 atom stereocenters. The number of alkyl halides is 2. The van der Waals surface area contributed by atoms with Gasteiger partial charge in [0.15, 0.2) is 0 Å². The van der Waals surface area contributed by atoms with Crippen molar-refractivity contribution < 1.29 is 27.0 Å². The number of fused-ring (bicyclic) bond motifs is 1. The first-order valence-corrected chi connectivity index (χ1v) is 15.9. The molecule has 2 fully saturated rings. The van der Waals surface area contributed by atoms with Gasteiger partial charge in [0.2, 0.25) is 0 Å². The number of nitrogens with zero attached hydrogens (tertiary/aromatic N) is 1. The number of hydrogen-bond donors (Lipinski definition) is 1. The van der Waals surface area contributed by atoms with Crippen molar-refractivity contribution in [1.29, 1.82) is 0 Å². The summed E-state index contributed by atoms with van der Waals surface area (Å²) in [4.78, 5) is 1.52. The monoisotopic (exact) mass is 610 g/mol. The zero-order valence-electron chi connectivity index (χ0n) is 25.6. The van der Waals surface area contributed by atoms with Crippen molar-refractivity contribution in [3.05, 3.63) is 94.6 Å². The van der Waals surface area contributed by atoms with Crippen LogP contribution >= 0.6 is 0 Å². The molecular formula is C36H42F4N2O2. The van der Waals surface area contributed by atoms with Crippen LogP contribution in [0, 0.1) is 17.0 Å². The predicted molar refractivity (Wildman–Crippen MR) is 163 cm³/mol. The molecule has 2 aliphatic heterocycles. The third-order valence-corrected chi connectivity index (χ3v) is 9.60. The highest BCUT2D eigenvalue weighted by molar-refractivity contribution is 5.46. The lowest BCUT2D eigenvalue weighted by atomic mass is 9.61. The number of benzene rings is 3. The highest BCUT2D eigenvalue weighted by Crippen LogP contribution is 2.50. The van der Waals surface area contributed by atoms with Gasteiger partial charge in [0.1, 0.15) is 29.7 Å². The SMILES string of the molecule is C[C@@H]1Cc2cc(OCc3ccccc3)ccc2C(c2c(F)cc(OC3CC4(CCCNCCC4)C3)cc2F)N1CC(C)(F)F. The van der Waals surface area contributed by atoms with Crippen molar-refractivity contribution in [2.75, 3.05) is 19.6 Å². The zero-order chi connectivity index (χ0) is 30.9. The van der Waals surface area contributed by atoms with Gasteiger partial charge in [-0.15, -0.1) is 0 Å². The van der Waals surface area contributed by atoms with Gasteiger partial charge in [0.25, 0.3) is 5.92 Å². The van der Waals surface area contributed by atoms with Crippen molar-refractivity contribution in [3.8, 4) is 11.5 Å². The average Bonchev–Trinajstić information content (AvgIpc) is 2.93. The molecule has 1 N–H and O–H groups in total. The topological polar surface area (TPSA) is 33.7 Å². The van der Waals surface area contributed by atoms with Gasteiger partial charge in [-0.25, -0.2) is 17.6 Å². The van der Waals surface area contributed by atoms with Gasteiger partial charge in [0, 0.05) is 30.7 Å². The zero-order valence-corrected chi connectivity index (χ0v) is 25.6. The lowest BCUT2D eigenvalue weighted by Crippen LogP contribution is -2.48. The van der Waals surface area contributed by atoms with Crippen molar-refractivity contribution in [2.24, 2.45) is 5.41 Å². The molecular weight excluding hydrogens is 568 g/mol. The minimum absolute atomic E-state index is 0.0768. The van der Waals surface area contributed by atoms with E-state index in [2.05, 4.69) is 5.32 Å². The van der Waals surface area contributed by atoms with Crippen LogP contribution in [0.1, 0.15) is 80.7 Å². The summed E-state index contributed by atoms with van der Waals surface area (Å²) in [5.74, 6) is -3.85. The normalized spacial score (nSPS) is 22.5. The van der Waals surface area contributed by atoms with Gasteiger partial charge in [-0.1, -0.05) is 36.4 Å². The minimum atomic E-state index is -3.05. The van der Waals surface area contributed by atoms with E-state index >= 15 is 8.78 Å². The smallest absolute Gasteiger partial charge is 0.257 e. The maximum Gasteiger partial charge on any atom is 0.257 e. The maximum absolute atomic E-state index is 16.0. The van der Waals surface area contributed by atoms with Crippen LogP contribution in [-0.2, 0) is 13.0 Å². The molecule has 1 saturated heterocycles. The predicted octanol–water partition coefficient (Wildman–Crippen LogP) is 8.23. The first kappa shape index (κ1) is 30.9. The molecule has 44 heavy (non-hydrogen) atoms. The van der Waals surface area contributed by atoms with Crippen molar-refractivity contribution in [3.63, 3.8) is 0 Å². The molecule has 0 aromatic heterocycles.